The maximum Gasteiger partial charge on any atom is 0.135 e. The van der Waals surface area contributed by atoms with E-state index in [1.807, 2.05) is 18.2 Å². The summed E-state index contributed by atoms with van der Waals surface area (Å²) in [6, 6.07) is 9.99. The van der Waals surface area contributed by atoms with Gasteiger partial charge in [-0.1, -0.05) is 0 Å². The highest BCUT2D eigenvalue weighted by Crippen LogP contribution is 2.31. The predicted octanol–water partition coefficient (Wildman–Crippen LogP) is 2.96. The van der Waals surface area contributed by atoms with Gasteiger partial charge in [0, 0.05) is 29.2 Å². The molecule has 3 rings (SSSR count). The molecule has 0 unspecified atom stereocenters. The smallest absolute Gasteiger partial charge is 0.135 e. The molecule has 2 N–H and O–H groups in total. The number of hydrogen-bond acceptors (Lipinski definition) is 3. The number of aromatic nitrogens is 1. The fourth-order valence-electron chi connectivity index (χ4n) is 2.11. The molecule has 1 aromatic heterocycles. The number of ether oxygens (including phenoxy) is 1. The van der Waals surface area contributed by atoms with Gasteiger partial charge < -0.3 is 10.5 Å². The summed E-state index contributed by atoms with van der Waals surface area (Å²) in [7, 11) is 0. The summed E-state index contributed by atoms with van der Waals surface area (Å²) in [5.74, 6) is 0.427. The van der Waals surface area contributed by atoms with Gasteiger partial charge in [-0.05, 0) is 48.0 Å². The van der Waals surface area contributed by atoms with Crippen molar-refractivity contribution in [3.63, 3.8) is 0 Å². The Hall–Kier alpha value is -2.62. The molecule has 0 aliphatic carbocycles. The Morgan fingerprint density at radius 1 is 1.00 bits per heavy atom. The second kappa shape index (κ2) is 5.17. The zero-order valence-electron chi connectivity index (χ0n) is 10.7. The predicted molar refractivity (Wildman–Crippen MR) is 75.7 cm³/mol. The van der Waals surface area contributed by atoms with E-state index in [1.54, 1.807) is 24.5 Å². The average molecular weight is 268 g/mol. The molecule has 0 radical (unpaired) electrons. The van der Waals surface area contributed by atoms with Crippen molar-refractivity contribution >= 4 is 11.3 Å². The molecule has 1 aliphatic heterocycles. The summed E-state index contributed by atoms with van der Waals surface area (Å²) in [5, 5.41) is 0. The fourth-order valence-corrected chi connectivity index (χ4v) is 2.11. The molecular formula is C16H13FN2O. The van der Waals surface area contributed by atoms with E-state index >= 15 is 0 Å². The monoisotopic (exact) mass is 268 g/mol. The lowest BCUT2D eigenvalue weighted by molar-refractivity contribution is 0.306. The highest BCUT2D eigenvalue weighted by Gasteiger charge is 2.16. The first kappa shape index (κ1) is 12.4. The van der Waals surface area contributed by atoms with E-state index in [9.17, 15) is 4.39 Å². The van der Waals surface area contributed by atoms with Crippen LogP contribution in [0.25, 0.3) is 11.3 Å². The van der Waals surface area contributed by atoms with Crippen LogP contribution in [0.2, 0.25) is 0 Å². The van der Waals surface area contributed by atoms with Crippen LogP contribution in [0.15, 0.2) is 60.6 Å². The molecule has 0 saturated heterocycles. The molecule has 1 aromatic carbocycles. The molecule has 20 heavy (non-hydrogen) atoms. The molecule has 3 nitrogen and oxygen atoms in total. The molecular weight excluding hydrogens is 255 g/mol. The van der Waals surface area contributed by atoms with Crippen molar-refractivity contribution in [2.24, 2.45) is 5.73 Å². The van der Waals surface area contributed by atoms with Crippen LogP contribution in [0.3, 0.4) is 0 Å². The third-order valence-electron chi connectivity index (χ3n) is 3.06. The number of benzene rings is 1. The zero-order chi connectivity index (χ0) is 13.9. The van der Waals surface area contributed by atoms with E-state index in [-0.39, 0.29) is 5.82 Å². The Bertz CT molecular complexity index is 675. The van der Waals surface area contributed by atoms with Crippen molar-refractivity contribution < 1.29 is 9.13 Å². The zero-order valence-corrected chi connectivity index (χ0v) is 10.7. The molecule has 100 valence electrons. The number of nitrogens with zero attached hydrogens (tertiary/aromatic N) is 1. The quantitative estimate of drug-likeness (QED) is 0.911. The minimum absolute atomic E-state index is 0.273. The Morgan fingerprint density at radius 3 is 2.40 bits per heavy atom. The van der Waals surface area contributed by atoms with E-state index in [4.69, 9.17) is 10.5 Å². The molecule has 0 atom stereocenters. The van der Waals surface area contributed by atoms with Gasteiger partial charge >= 0.3 is 0 Å². The molecule has 2 aromatic rings. The molecule has 0 bridgehead atoms. The first-order valence-corrected chi connectivity index (χ1v) is 6.23. The first-order chi connectivity index (χ1) is 9.74. The Kier molecular flexibility index (Phi) is 3.21. The van der Waals surface area contributed by atoms with Crippen LogP contribution in [-0.2, 0) is 4.74 Å². The summed E-state index contributed by atoms with van der Waals surface area (Å²) in [6.45, 7) is 0.335. The summed E-state index contributed by atoms with van der Waals surface area (Å²) in [4.78, 5) is 4.00. The van der Waals surface area contributed by atoms with Crippen LogP contribution in [-0.4, -0.2) is 11.6 Å². The van der Waals surface area contributed by atoms with Crippen LogP contribution in [0.5, 0.6) is 0 Å². The maximum absolute atomic E-state index is 13.0. The summed E-state index contributed by atoms with van der Waals surface area (Å²) in [5.41, 5.74) is 9.17. The van der Waals surface area contributed by atoms with Gasteiger partial charge in [0.05, 0.1) is 0 Å². The van der Waals surface area contributed by atoms with E-state index in [0.717, 1.165) is 16.7 Å². The van der Waals surface area contributed by atoms with Crippen molar-refractivity contribution in [3.8, 4) is 0 Å². The van der Waals surface area contributed by atoms with Gasteiger partial charge in [-0.15, -0.1) is 0 Å². The lowest BCUT2D eigenvalue weighted by Gasteiger charge is -2.20. The molecule has 0 fully saturated rings. The van der Waals surface area contributed by atoms with Crippen LogP contribution < -0.4 is 5.73 Å². The van der Waals surface area contributed by atoms with E-state index in [0.29, 0.717) is 18.1 Å². The summed E-state index contributed by atoms with van der Waals surface area (Å²) >= 11 is 0. The maximum atomic E-state index is 13.0. The summed E-state index contributed by atoms with van der Waals surface area (Å²) in [6.07, 6.45) is 5.31. The molecule has 0 spiro atoms. The number of halogens is 1. The highest BCUT2D eigenvalue weighted by molar-refractivity contribution is 5.93. The van der Waals surface area contributed by atoms with Crippen LogP contribution in [0, 0.1) is 5.82 Å². The standard InChI is InChI=1S/C16H13FN2O/c17-13-3-1-12(2-4-13)16-15(9-14(18)10-20-16)11-5-7-19-8-6-11/h1-9H,10,18H2. The van der Waals surface area contributed by atoms with Crippen molar-refractivity contribution in [1.29, 1.82) is 0 Å². The Morgan fingerprint density at radius 2 is 1.70 bits per heavy atom. The van der Waals surface area contributed by atoms with Crippen molar-refractivity contribution in [2.75, 3.05) is 6.61 Å². The third-order valence-corrected chi connectivity index (χ3v) is 3.06. The van der Waals surface area contributed by atoms with Crippen molar-refractivity contribution in [2.45, 2.75) is 0 Å². The molecule has 0 saturated carbocycles. The van der Waals surface area contributed by atoms with Crippen LogP contribution >= 0.6 is 0 Å². The van der Waals surface area contributed by atoms with Gasteiger partial charge in [-0.25, -0.2) is 4.39 Å². The van der Waals surface area contributed by atoms with Gasteiger partial charge in [0.2, 0.25) is 0 Å². The number of hydrogen-bond donors (Lipinski definition) is 1. The first-order valence-electron chi connectivity index (χ1n) is 6.23. The van der Waals surface area contributed by atoms with E-state index < -0.39 is 0 Å². The summed E-state index contributed by atoms with van der Waals surface area (Å²) < 4.78 is 18.8. The van der Waals surface area contributed by atoms with Gasteiger partial charge in [0.15, 0.2) is 0 Å². The Balaban J connectivity index is 2.14. The van der Waals surface area contributed by atoms with Crippen molar-refractivity contribution in [3.05, 3.63) is 77.5 Å². The highest BCUT2D eigenvalue weighted by atomic mass is 19.1. The number of rotatable bonds is 2. The van der Waals surface area contributed by atoms with Crippen molar-refractivity contribution in [1.82, 2.24) is 4.98 Å². The molecule has 4 heteroatoms. The minimum Gasteiger partial charge on any atom is -0.486 e. The minimum atomic E-state index is -0.273. The topological polar surface area (TPSA) is 48.1 Å². The Labute approximate surface area is 116 Å². The third kappa shape index (κ3) is 2.40. The number of nitrogens with two attached hydrogens (primary N) is 1. The lowest BCUT2D eigenvalue weighted by Crippen LogP contribution is -2.12. The van der Waals surface area contributed by atoms with Gasteiger partial charge in [0.1, 0.15) is 18.2 Å². The van der Waals surface area contributed by atoms with Gasteiger partial charge in [0.25, 0.3) is 0 Å². The van der Waals surface area contributed by atoms with E-state index in [1.165, 1.54) is 12.1 Å². The molecule has 0 amide bonds. The SMILES string of the molecule is NC1=CC(c2ccncc2)=C(c2ccc(F)cc2)OC1. The second-order valence-electron chi connectivity index (χ2n) is 4.49. The lowest BCUT2D eigenvalue weighted by atomic mass is 9.99. The number of allylic oxidation sites excluding steroid dienone is 2. The van der Waals surface area contributed by atoms with Gasteiger partial charge in [-0.2, -0.15) is 0 Å². The second-order valence-corrected chi connectivity index (χ2v) is 4.49. The molecule has 1 aliphatic rings. The van der Waals surface area contributed by atoms with E-state index in [2.05, 4.69) is 4.98 Å². The van der Waals surface area contributed by atoms with Crippen LogP contribution in [0.1, 0.15) is 11.1 Å². The fraction of sp³-hybridized carbons (Fsp3) is 0.0625. The molecule has 2 heterocycles. The largest absolute Gasteiger partial charge is 0.486 e. The average Bonchev–Trinajstić information content (AvgIpc) is 2.49. The van der Waals surface area contributed by atoms with Gasteiger partial charge in [-0.3, -0.25) is 4.98 Å². The van der Waals surface area contributed by atoms with Crippen LogP contribution in [0.4, 0.5) is 4.39 Å². The number of pyridine rings is 1. The normalized spacial score (nSPS) is 14.8.